The van der Waals surface area contributed by atoms with Gasteiger partial charge in [0.1, 0.15) is 0 Å². The summed E-state index contributed by atoms with van der Waals surface area (Å²) in [4.78, 5) is 13.3. The fraction of sp³-hybridized carbons (Fsp3) is 0.435. The molecule has 1 N–H and O–H groups in total. The van der Waals surface area contributed by atoms with Gasteiger partial charge in [0.2, 0.25) is 10.0 Å². The first-order valence-electron chi connectivity index (χ1n) is 10.5. The Morgan fingerprint density at radius 1 is 1.06 bits per heavy atom. The van der Waals surface area contributed by atoms with Gasteiger partial charge in [0.15, 0.2) is 11.5 Å². The lowest BCUT2D eigenvalue weighted by molar-refractivity contribution is 0.0934. The van der Waals surface area contributed by atoms with Crippen molar-refractivity contribution >= 4 is 15.9 Å². The second-order valence-electron chi connectivity index (χ2n) is 7.64. The van der Waals surface area contributed by atoms with E-state index in [4.69, 9.17) is 9.47 Å². The number of carbonyl (C=O) groups is 1. The normalized spacial score (nSPS) is 15.5. The summed E-state index contributed by atoms with van der Waals surface area (Å²) in [6.45, 7) is 4.82. The standard InChI is InChI=1S/C23H30N2O5S/c1-5-20(17-9-11-21(29-3)22(14-17)30-4)24-23(26)19-15-18(10-8-16(19)2)31(27,28)25-12-6-7-13-25/h8-11,14-15,20H,5-7,12-13H2,1-4H3,(H,24,26)/t20-/m1/s1. The van der Waals surface area contributed by atoms with Gasteiger partial charge in [0.25, 0.3) is 5.91 Å². The molecule has 31 heavy (non-hydrogen) atoms. The van der Waals surface area contributed by atoms with Gasteiger partial charge in [-0.1, -0.05) is 19.1 Å². The van der Waals surface area contributed by atoms with E-state index in [9.17, 15) is 13.2 Å². The van der Waals surface area contributed by atoms with Crippen LogP contribution in [0.25, 0.3) is 0 Å². The molecule has 1 aliphatic heterocycles. The van der Waals surface area contributed by atoms with Crippen molar-refractivity contribution in [3.8, 4) is 11.5 Å². The first-order valence-corrected chi connectivity index (χ1v) is 11.9. The van der Waals surface area contributed by atoms with Crippen molar-refractivity contribution in [3.05, 3.63) is 53.1 Å². The Hall–Kier alpha value is -2.58. The van der Waals surface area contributed by atoms with Crippen LogP contribution in [-0.2, 0) is 10.0 Å². The van der Waals surface area contributed by atoms with E-state index in [1.807, 2.05) is 19.1 Å². The van der Waals surface area contributed by atoms with Crippen molar-refractivity contribution in [2.45, 2.75) is 44.0 Å². The molecule has 2 aromatic rings. The number of sulfonamides is 1. The minimum atomic E-state index is -3.59. The van der Waals surface area contributed by atoms with Crippen LogP contribution in [0.2, 0.25) is 0 Å². The van der Waals surface area contributed by atoms with Gasteiger partial charge >= 0.3 is 0 Å². The molecule has 168 valence electrons. The van der Waals surface area contributed by atoms with E-state index in [1.54, 1.807) is 39.3 Å². The molecular formula is C23H30N2O5S. The molecule has 1 heterocycles. The zero-order chi connectivity index (χ0) is 22.6. The Bertz CT molecular complexity index is 1050. The van der Waals surface area contributed by atoms with Crippen LogP contribution in [0.5, 0.6) is 11.5 Å². The topological polar surface area (TPSA) is 84.9 Å². The Morgan fingerprint density at radius 2 is 1.74 bits per heavy atom. The van der Waals surface area contributed by atoms with Crippen LogP contribution in [0.1, 0.15) is 53.7 Å². The lowest BCUT2D eigenvalue weighted by atomic mass is 10.0. The maximum Gasteiger partial charge on any atom is 0.252 e. The van der Waals surface area contributed by atoms with E-state index >= 15 is 0 Å². The molecular weight excluding hydrogens is 416 g/mol. The van der Waals surface area contributed by atoms with Gasteiger partial charge in [-0.3, -0.25) is 4.79 Å². The lowest BCUT2D eigenvalue weighted by Crippen LogP contribution is -2.30. The summed E-state index contributed by atoms with van der Waals surface area (Å²) >= 11 is 0. The second-order valence-corrected chi connectivity index (χ2v) is 9.57. The minimum Gasteiger partial charge on any atom is -0.493 e. The van der Waals surface area contributed by atoms with Crippen LogP contribution in [0, 0.1) is 6.92 Å². The molecule has 0 aromatic heterocycles. The minimum absolute atomic E-state index is 0.157. The number of hydrogen-bond donors (Lipinski definition) is 1. The van der Waals surface area contributed by atoms with Crippen LogP contribution >= 0.6 is 0 Å². The highest BCUT2D eigenvalue weighted by Crippen LogP contribution is 2.31. The molecule has 0 bridgehead atoms. The molecule has 1 aliphatic rings. The first kappa shape index (κ1) is 23.1. The molecule has 0 saturated carbocycles. The molecule has 1 atom stereocenters. The van der Waals surface area contributed by atoms with Crippen molar-refractivity contribution in [2.24, 2.45) is 0 Å². The number of benzene rings is 2. The number of nitrogens with zero attached hydrogens (tertiary/aromatic N) is 1. The average molecular weight is 447 g/mol. The summed E-state index contributed by atoms with van der Waals surface area (Å²) in [6.07, 6.45) is 2.38. The number of aryl methyl sites for hydroxylation is 1. The van der Waals surface area contributed by atoms with Gasteiger partial charge in [-0.05, 0) is 61.6 Å². The zero-order valence-electron chi connectivity index (χ0n) is 18.5. The molecule has 0 unspecified atom stereocenters. The molecule has 8 heteroatoms. The number of carbonyl (C=O) groups excluding carboxylic acids is 1. The van der Waals surface area contributed by atoms with Crippen molar-refractivity contribution in [2.75, 3.05) is 27.3 Å². The molecule has 0 aliphatic carbocycles. The highest BCUT2D eigenvalue weighted by Gasteiger charge is 2.28. The van der Waals surface area contributed by atoms with E-state index in [1.165, 1.54) is 10.4 Å². The number of nitrogens with one attached hydrogen (secondary N) is 1. The predicted octanol–water partition coefficient (Wildman–Crippen LogP) is 3.68. The van der Waals surface area contributed by atoms with Crippen molar-refractivity contribution < 1.29 is 22.7 Å². The summed E-state index contributed by atoms with van der Waals surface area (Å²) in [5, 5.41) is 3.03. The van der Waals surface area contributed by atoms with Crippen molar-refractivity contribution in [1.82, 2.24) is 9.62 Å². The smallest absolute Gasteiger partial charge is 0.252 e. The summed E-state index contributed by atoms with van der Waals surface area (Å²) < 4.78 is 38.0. The van der Waals surface area contributed by atoms with E-state index < -0.39 is 10.0 Å². The van der Waals surface area contributed by atoms with Crippen LogP contribution in [0.15, 0.2) is 41.3 Å². The Kier molecular flexibility index (Phi) is 7.23. The highest BCUT2D eigenvalue weighted by atomic mass is 32.2. The molecule has 1 saturated heterocycles. The first-order chi connectivity index (χ1) is 14.8. The van der Waals surface area contributed by atoms with Gasteiger partial charge in [0.05, 0.1) is 25.2 Å². The third-order valence-electron chi connectivity index (χ3n) is 5.68. The third kappa shape index (κ3) is 4.85. The molecule has 1 fully saturated rings. The predicted molar refractivity (Wildman–Crippen MR) is 119 cm³/mol. The monoisotopic (exact) mass is 446 g/mol. The van der Waals surface area contributed by atoms with E-state index in [0.29, 0.717) is 36.6 Å². The fourth-order valence-electron chi connectivity index (χ4n) is 3.81. The summed E-state index contributed by atoms with van der Waals surface area (Å²) in [5.74, 6) is 0.892. The third-order valence-corrected chi connectivity index (χ3v) is 7.57. The number of rotatable bonds is 8. The lowest BCUT2D eigenvalue weighted by Gasteiger charge is -2.20. The maximum absolute atomic E-state index is 13.1. The van der Waals surface area contributed by atoms with Crippen molar-refractivity contribution in [1.29, 1.82) is 0 Å². The maximum atomic E-state index is 13.1. The number of amides is 1. The second kappa shape index (κ2) is 9.70. The van der Waals surface area contributed by atoms with Gasteiger partial charge in [0, 0.05) is 18.7 Å². The van der Waals surface area contributed by atoms with Gasteiger partial charge in [-0.25, -0.2) is 8.42 Å². The van der Waals surface area contributed by atoms with Crippen LogP contribution in [-0.4, -0.2) is 45.9 Å². The number of methoxy groups -OCH3 is 2. The molecule has 2 aromatic carbocycles. The van der Waals surface area contributed by atoms with Gasteiger partial charge in [-0.2, -0.15) is 4.31 Å². The summed E-state index contributed by atoms with van der Waals surface area (Å²) in [5.41, 5.74) is 1.96. The Morgan fingerprint density at radius 3 is 2.35 bits per heavy atom. The van der Waals surface area contributed by atoms with E-state index in [0.717, 1.165) is 24.0 Å². The van der Waals surface area contributed by atoms with Crippen LogP contribution in [0.3, 0.4) is 0 Å². The molecule has 0 spiro atoms. The SMILES string of the molecule is CC[C@@H](NC(=O)c1cc(S(=O)(=O)N2CCCC2)ccc1C)c1ccc(OC)c(OC)c1. The van der Waals surface area contributed by atoms with E-state index in [2.05, 4.69) is 5.32 Å². The molecule has 1 amide bonds. The largest absolute Gasteiger partial charge is 0.493 e. The molecule has 0 radical (unpaired) electrons. The summed E-state index contributed by atoms with van der Waals surface area (Å²) in [7, 11) is -0.453. The van der Waals surface area contributed by atoms with Crippen molar-refractivity contribution in [3.63, 3.8) is 0 Å². The van der Waals surface area contributed by atoms with Gasteiger partial charge in [-0.15, -0.1) is 0 Å². The molecule has 7 nitrogen and oxygen atoms in total. The average Bonchev–Trinajstić information content (AvgIpc) is 3.33. The molecule has 3 rings (SSSR count). The highest BCUT2D eigenvalue weighted by molar-refractivity contribution is 7.89. The number of ether oxygens (including phenoxy) is 2. The zero-order valence-corrected chi connectivity index (χ0v) is 19.3. The quantitative estimate of drug-likeness (QED) is 0.669. The van der Waals surface area contributed by atoms with Gasteiger partial charge < -0.3 is 14.8 Å². The fourth-order valence-corrected chi connectivity index (χ4v) is 5.35. The number of hydrogen-bond acceptors (Lipinski definition) is 5. The van der Waals surface area contributed by atoms with E-state index in [-0.39, 0.29) is 16.8 Å². The van der Waals surface area contributed by atoms with Crippen LogP contribution in [0.4, 0.5) is 0 Å². The Labute approximate surface area is 184 Å². The summed E-state index contributed by atoms with van der Waals surface area (Å²) in [6, 6.07) is 10.0. The van der Waals surface area contributed by atoms with Crippen LogP contribution < -0.4 is 14.8 Å². The Balaban J connectivity index is 1.87.